The second-order valence-electron chi connectivity index (χ2n) is 11.6. The van der Waals surface area contributed by atoms with Crippen LogP contribution in [-0.2, 0) is 17.7 Å². The van der Waals surface area contributed by atoms with Gasteiger partial charge in [-0.2, -0.15) is 0 Å². The summed E-state index contributed by atoms with van der Waals surface area (Å²) >= 11 is 0. The van der Waals surface area contributed by atoms with Crippen LogP contribution in [0, 0.1) is 6.92 Å². The fourth-order valence-corrected chi connectivity index (χ4v) is 5.94. The Morgan fingerprint density at radius 3 is 2.68 bits per heavy atom. The van der Waals surface area contributed by atoms with Gasteiger partial charge in [0.15, 0.2) is 0 Å². The number of rotatable bonds is 3. The molecule has 1 fully saturated rings. The molecule has 2 aliphatic rings. The van der Waals surface area contributed by atoms with Crippen molar-refractivity contribution >= 4 is 22.8 Å². The summed E-state index contributed by atoms with van der Waals surface area (Å²) in [6, 6.07) is 17.5. The van der Waals surface area contributed by atoms with E-state index in [0.29, 0.717) is 0 Å². The molecular formula is C32H36N4O2. The van der Waals surface area contributed by atoms with Gasteiger partial charge in [0.2, 0.25) is 0 Å². The Balaban J connectivity index is 1.44. The number of fused-ring (bicyclic) bond motifs is 2. The zero-order valence-electron chi connectivity index (χ0n) is 22.8. The third kappa shape index (κ3) is 4.64. The van der Waals surface area contributed by atoms with E-state index in [0.717, 1.165) is 61.1 Å². The number of carbonyl (C=O) groups excluding carboxylic acids is 1. The van der Waals surface area contributed by atoms with Crippen LogP contribution in [0.4, 0.5) is 10.5 Å². The Labute approximate surface area is 224 Å². The highest BCUT2D eigenvalue weighted by Crippen LogP contribution is 2.41. The van der Waals surface area contributed by atoms with Crippen molar-refractivity contribution in [2.24, 2.45) is 0 Å². The minimum atomic E-state index is -0.523. The van der Waals surface area contributed by atoms with Gasteiger partial charge in [-0.05, 0) is 99.0 Å². The van der Waals surface area contributed by atoms with Crippen molar-refractivity contribution in [3.05, 3.63) is 83.2 Å². The van der Waals surface area contributed by atoms with Crippen LogP contribution in [0.25, 0.3) is 22.2 Å². The number of nitrogens with one attached hydrogen (secondary N) is 1. The quantitative estimate of drug-likeness (QED) is 0.319. The number of aromatic amines is 1. The maximum absolute atomic E-state index is 13.3. The summed E-state index contributed by atoms with van der Waals surface area (Å²) < 4.78 is 5.84. The van der Waals surface area contributed by atoms with Gasteiger partial charge in [-0.15, -0.1) is 0 Å². The number of anilines is 1. The highest BCUT2D eigenvalue weighted by molar-refractivity contribution is 5.84. The molecule has 6 nitrogen and oxygen atoms in total. The van der Waals surface area contributed by atoms with Crippen LogP contribution in [0.2, 0.25) is 0 Å². The van der Waals surface area contributed by atoms with Crippen LogP contribution in [0.15, 0.2) is 60.9 Å². The van der Waals surface area contributed by atoms with Gasteiger partial charge in [0, 0.05) is 48.7 Å². The number of likely N-dealkylation sites (tertiary alicyclic amines) is 1. The molecule has 6 rings (SSSR count). The van der Waals surface area contributed by atoms with Gasteiger partial charge >= 0.3 is 6.09 Å². The fourth-order valence-electron chi connectivity index (χ4n) is 5.94. The molecule has 0 radical (unpaired) electrons. The summed E-state index contributed by atoms with van der Waals surface area (Å²) in [6.07, 6.45) is 6.62. The van der Waals surface area contributed by atoms with E-state index in [1.54, 1.807) is 0 Å². The molecule has 1 saturated heterocycles. The molecule has 0 spiro atoms. The normalized spacial score (nSPS) is 17.6. The minimum Gasteiger partial charge on any atom is -0.444 e. The van der Waals surface area contributed by atoms with Crippen LogP contribution < -0.4 is 4.90 Å². The first kappa shape index (κ1) is 24.5. The Morgan fingerprint density at radius 2 is 1.89 bits per heavy atom. The average molecular weight is 509 g/mol. The standard InChI is InChI=1S/C32H36N4O2/c1-21-18-33-30-26(21)17-24(19-34-30)23-15-22-12-14-35(25-9-6-5-7-10-25)20-28(22)27(16-23)29-11-8-13-36(29)31(37)38-32(2,3)4/h5-7,9-10,15-19,29H,8,11-14,20H2,1-4H3,(H,33,34)/t29-/m0/s1. The highest BCUT2D eigenvalue weighted by Gasteiger charge is 2.36. The van der Waals surface area contributed by atoms with Gasteiger partial charge in [-0.1, -0.05) is 24.3 Å². The lowest BCUT2D eigenvalue weighted by atomic mass is 9.86. The van der Waals surface area contributed by atoms with Crippen LogP contribution in [-0.4, -0.2) is 39.7 Å². The Morgan fingerprint density at radius 1 is 1.08 bits per heavy atom. The summed E-state index contributed by atoms with van der Waals surface area (Å²) in [5, 5.41) is 1.15. The number of aryl methyl sites for hydroxylation is 1. The number of para-hydroxylation sites is 1. The Bertz CT molecular complexity index is 1480. The van der Waals surface area contributed by atoms with Gasteiger partial charge in [0.1, 0.15) is 11.2 Å². The summed E-state index contributed by atoms with van der Waals surface area (Å²) in [4.78, 5) is 25.6. The first-order chi connectivity index (χ1) is 18.3. The smallest absolute Gasteiger partial charge is 0.410 e. The second-order valence-corrected chi connectivity index (χ2v) is 11.6. The Kier molecular flexibility index (Phi) is 6.13. The number of benzene rings is 2. The molecule has 0 bridgehead atoms. The molecule has 4 aromatic rings. The summed E-state index contributed by atoms with van der Waals surface area (Å²) in [6.45, 7) is 10.4. The number of aromatic nitrogens is 2. The van der Waals surface area contributed by atoms with Crippen molar-refractivity contribution in [3.63, 3.8) is 0 Å². The molecule has 0 saturated carbocycles. The van der Waals surface area contributed by atoms with Crippen molar-refractivity contribution in [2.45, 2.75) is 65.1 Å². The molecule has 38 heavy (non-hydrogen) atoms. The topological polar surface area (TPSA) is 61.5 Å². The second kappa shape index (κ2) is 9.50. The summed E-state index contributed by atoms with van der Waals surface area (Å²) in [7, 11) is 0. The largest absolute Gasteiger partial charge is 0.444 e. The van der Waals surface area contributed by atoms with Crippen LogP contribution in [0.5, 0.6) is 0 Å². The molecule has 6 heteroatoms. The zero-order chi connectivity index (χ0) is 26.4. The van der Waals surface area contributed by atoms with Crippen molar-refractivity contribution in [1.82, 2.24) is 14.9 Å². The van der Waals surface area contributed by atoms with Gasteiger partial charge < -0.3 is 19.5 Å². The minimum absolute atomic E-state index is 0.0000385. The highest BCUT2D eigenvalue weighted by atomic mass is 16.6. The molecule has 4 heterocycles. The van der Waals surface area contributed by atoms with Gasteiger partial charge in [0.25, 0.3) is 0 Å². The molecular weight excluding hydrogens is 472 g/mol. The zero-order valence-corrected chi connectivity index (χ0v) is 22.8. The Hall–Kier alpha value is -3.80. The summed E-state index contributed by atoms with van der Waals surface area (Å²) in [5.41, 5.74) is 9.05. The van der Waals surface area contributed by atoms with E-state index >= 15 is 0 Å². The van der Waals surface area contributed by atoms with E-state index in [1.165, 1.54) is 27.9 Å². The van der Waals surface area contributed by atoms with E-state index in [4.69, 9.17) is 9.72 Å². The van der Waals surface area contributed by atoms with Crippen molar-refractivity contribution < 1.29 is 9.53 Å². The molecule has 0 aliphatic carbocycles. The maximum atomic E-state index is 13.3. The molecule has 196 valence electrons. The lowest BCUT2D eigenvalue weighted by Gasteiger charge is -2.35. The van der Waals surface area contributed by atoms with Crippen molar-refractivity contribution in [3.8, 4) is 11.1 Å². The van der Waals surface area contributed by atoms with Gasteiger partial charge in [0.05, 0.1) is 6.04 Å². The first-order valence-electron chi connectivity index (χ1n) is 13.7. The molecule has 2 aromatic heterocycles. The lowest BCUT2D eigenvalue weighted by Crippen LogP contribution is -2.37. The predicted molar refractivity (Wildman–Crippen MR) is 152 cm³/mol. The van der Waals surface area contributed by atoms with E-state index in [2.05, 4.69) is 65.3 Å². The molecule has 2 aromatic carbocycles. The maximum Gasteiger partial charge on any atom is 0.410 e. The van der Waals surface area contributed by atoms with Crippen LogP contribution in [0.1, 0.15) is 61.9 Å². The number of hydrogen-bond acceptors (Lipinski definition) is 4. The van der Waals surface area contributed by atoms with Crippen molar-refractivity contribution in [2.75, 3.05) is 18.0 Å². The van der Waals surface area contributed by atoms with Crippen molar-refractivity contribution in [1.29, 1.82) is 0 Å². The average Bonchev–Trinajstić information content (AvgIpc) is 3.54. The first-order valence-corrected chi connectivity index (χ1v) is 13.7. The van der Waals surface area contributed by atoms with E-state index in [1.807, 2.05) is 38.1 Å². The number of carbonyl (C=O) groups is 1. The summed E-state index contributed by atoms with van der Waals surface area (Å²) in [5.74, 6) is 0. The molecule has 1 atom stereocenters. The molecule has 1 amide bonds. The molecule has 2 aliphatic heterocycles. The van der Waals surface area contributed by atoms with E-state index in [9.17, 15) is 4.79 Å². The van der Waals surface area contributed by atoms with Gasteiger partial charge in [-0.25, -0.2) is 9.78 Å². The monoisotopic (exact) mass is 508 g/mol. The number of pyridine rings is 1. The van der Waals surface area contributed by atoms with Crippen LogP contribution >= 0.6 is 0 Å². The van der Waals surface area contributed by atoms with E-state index in [-0.39, 0.29) is 12.1 Å². The molecule has 1 N–H and O–H groups in total. The van der Waals surface area contributed by atoms with Gasteiger partial charge in [-0.3, -0.25) is 0 Å². The fraction of sp³-hybridized carbons (Fsp3) is 0.375. The third-order valence-electron chi connectivity index (χ3n) is 7.81. The van der Waals surface area contributed by atoms with Crippen LogP contribution in [0.3, 0.4) is 0 Å². The number of nitrogens with zero attached hydrogens (tertiary/aromatic N) is 3. The number of amides is 1. The lowest BCUT2D eigenvalue weighted by molar-refractivity contribution is 0.0224. The number of H-pyrrole nitrogens is 1. The SMILES string of the molecule is Cc1c[nH]c2ncc(-c3cc4c(c([C@@H]5CCCN5C(=O)OC(C)(C)C)c3)CN(c3ccccc3)CC4)cc12. The third-order valence-corrected chi connectivity index (χ3v) is 7.81. The number of ether oxygens (including phenoxy) is 1. The number of hydrogen-bond donors (Lipinski definition) is 1. The van der Waals surface area contributed by atoms with E-state index < -0.39 is 5.60 Å². The molecule has 0 unspecified atom stereocenters. The predicted octanol–water partition coefficient (Wildman–Crippen LogP) is 7.17.